The van der Waals surface area contributed by atoms with Crippen LogP contribution in [0.5, 0.6) is 17.2 Å². The Balaban J connectivity index is 1.88. The molecule has 1 atom stereocenters. The molecule has 0 saturated carbocycles. The first kappa shape index (κ1) is 25.6. The van der Waals surface area contributed by atoms with Crippen LogP contribution in [0.25, 0.3) is 10.9 Å². The Labute approximate surface area is 209 Å². The smallest absolute Gasteiger partial charge is 0.332 e. The maximum absolute atomic E-state index is 13.7. The van der Waals surface area contributed by atoms with Crippen molar-refractivity contribution in [2.45, 2.75) is 38.5 Å². The van der Waals surface area contributed by atoms with Gasteiger partial charge in [-0.05, 0) is 55.7 Å². The van der Waals surface area contributed by atoms with Gasteiger partial charge in [0.25, 0.3) is 5.56 Å². The van der Waals surface area contributed by atoms with Gasteiger partial charge in [-0.25, -0.2) is 4.79 Å². The van der Waals surface area contributed by atoms with E-state index in [1.165, 1.54) is 14.2 Å². The SMILES string of the molecule is COc1ccc(Cn2c(=O)c3cc(OC(C)C#N)ccc3n(C3CCS(O)(O)CC3)c2=O)cc1OC. The number of benzene rings is 2. The van der Waals surface area contributed by atoms with Crippen LogP contribution in [0.15, 0.2) is 46.0 Å². The van der Waals surface area contributed by atoms with Gasteiger partial charge in [0, 0.05) is 17.5 Å². The predicted molar refractivity (Wildman–Crippen MR) is 138 cm³/mol. The second-order valence-corrected chi connectivity index (χ2v) is 11.2. The second kappa shape index (κ2) is 10.3. The molecule has 0 aliphatic carbocycles. The van der Waals surface area contributed by atoms with Crippen LogP contribution < -0.4 is 25.5 Å². The summed E-state index contributed by atoms with van der Waals surface area (Å²) in [7, 11) is 0.378. The van der Waals surface area contributed by atoms with Crippen LogP contribution in [0.2, 0.25) is 0 Å². The number of nitriles is 1. The van der Waals surface area contributed by atoms with Gasteiger partial charge in [0.05, 0.1) is 31.7 Å². The number of hydrogen-bond acceptors (Lipinski definition) is 8. The van der Waals surface area contributed by atoms with Crippen molar-refractivity contribution >= 4 is 21.5 Å². The fourth-order valence-corrected chi connectivity index (χ4v) is 5.98. The van der Waals surface area contributed by atoms with E-state index in [4.69, 9.17) is 19.5 Å². The molecule has 2 heterocycles. The monoisotopic (exact) mass is 515 g/mol. The molecule has 10 nitrogen and oxygen atoms in total. The number of fused-ring (bicyclic) bond motifs is 1. The molecule has 11 heteroatoms. The molecule has 2 aromatic carbocycles. The van der Waals surface area contributed by atoms with Gasteiger partial charge in [-0.15, -0.1) is 0 Å². The molecule has 1 aromatic heterocycles. The Kier molecular flexibility index (Phi) is 7.31. The molecule has 192 valence electrons. The first-order chi connectivity index (χ1) is 17.2. The maximum Gasteiger partial charge on any atom is 0.332 e. The van der Waals surface area contributed by atoms with Crippen LogP contribution in [0.4, 0.5) is 0 Å². The van der Waals surface area contributed by atoms with Gasteiger partial charge in [-0.3, -0.25) is 23.0 Å². The number of methoxy groups -OCH3 is 2. The van der Waals surface area contributed by atoms with Crippen LogP contribution in [0.3, 0.4) is 0 Å². The van der Waals surface area contributed by atoms with E-state index in [1.54, 1.807) is 47.9 Å². The van der Waals surface area contributed by atoms with Crippen molar-refractivity contribution in [1.29, 1.82) is 5.26 Å². The lowest BCUT2D eigenvalue weighted by atomic mass is 10.1. The van der Waals surface area contributed by atoms with Crippen molar-refractivity contribution < 1.29 is 23.3 Å². The topological polar surface area (TPSA) is 136 Å². The second-order valence-electron chi connectivity index (χ2n) is 8.74. The minimum absolute atomic E-state index is 0.00441. The standard InChI is InChI=1S/C25H29N3O7S/c1-16(14-26)35-19-5-6-21-20(13-19)24(29)27(15-17-4-7-22(33-2)23(12-17)34-3)25(30)28(21)18-8-10-36(31,32)11-9-18/h4-7,12-13,16,18,31-32H,8-11,15H2,1-3H3. The van der Waals surface area contributed by atoms with Gasteiger partial charge in [0.15, 0.2) is 17.6 Å². The quantitative estimate of drug-likeness (QED) is 0.487. The van der Waals surface area contributed by atoms with Gasteiger partial charge < -0.3 is 14.2 Å². The summed E-state index contributed by atoms with van der Waals surface area (Å²) < 4.78 is 39.1. The zero-order chi connectivity index (χ0) is 26.0. The Morgan fingerprint density at radius 1 is 1.08 bits per heavy atom. The Bertz CT molecular complexity index is 1430. The summed E-state index contributed by atoms with van der Waals surface area (Å²) in [6.07, 6.45) is 0.0801. The third-order valence-corrected chi connectivity index (χ3v) is 8.12. The van der Waals surface area contributed by atoms with Crippen LogP contribution in [0, 0.1) is 11.3 Å². The van der Waals surface area contributed by atoms with Gasteiger partial charge in [-0.1, -0.05) is 6.07 Å². The van der Waals surface area contributed by atoms with Crippen molar-refractivity contribution in [2.24, 2.45) is 0 Å². The van der Waals surface area contributed by atoms with Gasteiger partial charge in [0.2, 0.25) is 0 Å². The first-order valence-electron chi connectivity index (χ1n) is 11.5. The lowest BCUT2D eigenvalue weighted by Crippen LogP contribution is -2.43. The number of nitrogens with zero attached hydrogens (tertiary/aromatic N) is 3. The third kappa shape index (κ3) is 5.06. The molecule has 1 unspecified atom stereocenters. The summed E-state index contributed by atoms with van der Waals surface area (Å²) in [5, 5.41) is 9.37. The molecular formula is C25H29N3O7S. The van der Waals surface area contributed by atoms with Gasteiger partial charge in [0.1, 0.15) is 11.8 Å². The van der Waals surface area contributed by atoms with E-state index in [9.17, 15) is 18.7 Å². The van der Waals surface area contributed by atoms with Gasteiger partial charge in [-0.2, -0.15) is 15.9 Å². The molecule has 1 fully saturated rings. The zero-order valence-electron chi connectivity index (χ0n) is 20.3. The van der Waals surface area contributed by atoms with E-state index in [1.807, 2.05) is 6.07 Å². The molecule has 0 spiro atoms. The van der Waals surface area contributed by atoms with E-state index < -0.39 is 27.9 Å². The highest BCUT2D eigenvalue weighted by Gasteiger charge is 2.28. The summed E-state index contributed by atoms with van der Waals surface area (Å²) in [4.78, 5) is 27.3. The largest absolute Gasteiger partial charge is 0.493 e. The van der Waals surface area contributed by atoms with Crippen molar-refractivity contribution in [2.75, 3.05) is 25.7 Å². The van der Waals surface area contributed by atoms with E-state index in [0.717, 1.165) is 4.57 Å². The number of hydrogen-bond donors (Lipinski definition) is 2. The van der Waals surface area contributed by atoms with E-state index in [2.05, 4.69) is 0 Å². The maximum atomic E-state index is 13.7. The highest BCUT2D eigenvalue weighted by atomic mass is 32.3. The molecule has 0 bridgehead atoms. The Morgan fingerprint density at radius 3 is 2.42 bits per heavy atom. The Morgan fingerprint density at radius 2 is 1.78 bits per heavy atom. The van der Waals surface area contributed by atoms with Crippen LogP contribution >= 0.6 is 10.6 Å². The van der Waals surface area contributed by atoms with Crippen molar-refractivity contribution in [3.8, 4) is 23.3 Å². The molecule has 1 saturated heterocycles. The fraction of sp³-hybridized carbons (Fsp3) is 0.400. The Hall–Kier alpha value is -3.46. The highest BCUT2D eigenvalue weighted by molar-refractivity contribution is 8.24. The normalized spacial score (nSPS) is 17.2. The number of rotatable bonds is 7. The highest BCUT2D eigenvalue weighted by Crippen LogP contribution is 2.47. The summed E-state index contributed by atoms with van der Waals surface area (Å²) in [5.74, 6) is 1.74. The van der Waals surface area contributed by atoms with Crippen molar-refractivity contribution in [1.82, 2.24) is 9.13 Å². The van der Waals surface area contributed by atoms with Gasteiger partial charge >= 0.3 is 5.69 Å². The average Bonchev–Trinajstić information content (AvgIpc) is 2.87. The molecule has 0 radical (unpaired) electrons. The summed E-state index contributed by atoms with van der Waals surface area (Å²) in [6.45, 7) is 1.59. The number of aromatic nitrogens is 2. The number of ether oxygens (including phenoxy) is 3. The van der Waals surface area contributed by atoms with Crippen LogP contribution in [-0.2, 0) is 6.54 Å². The van der Waals surface area contributed by atoms with Crippen molar-refractivity contribution in [3.63, 3.8) is 0 Å². The average molecular weight is 516 g/mol. The minimum Gasteiger partial charge on any atom is -0.493 e. The van der Waals surface area contributed by atoms with Crippen LogP contribution in [-0.4, -0.2) is 50.1 Å². The lowest BCUT2D eigenvalue weighted by molar-refractivity contribution is 0.277. The molecule has 1 aliphatic rings. The summed E-state index contributed by atoms with van der Waals surface area (Å²) in [5.41, 5.74) is 0.135. The molecule has 1 aliphatic heterocycles. The summed E-state index contributed by atoms with van der Waals surface area (Å²) in [6, 6.07) is 11.7. The predicted octanol–water partition coefficient (Wildman–Crippen LogP) is 3.61. The molecule has 3 aromatic rings. The lowest BCUT2D eigenvalue weighted by Gasteiger charge is -2.40. The minimum atomic E-state index is -2.65. The summed E-state index contributed by atoms with van der Waals surface area (Å²) >= 11 is 0. The molecule has 36 heavy (non-hydrogen) atoms. The molecule has 0 amide bonds. The fourth-order valence-electron chi connectivity index (χ4n) is 4.47. The van der Waals surface area contributed by atoms with E-state index in [-0.39, 0.29) is 29.5 Å². The zero-order valence-corrected chi connectivity index (χ0v) is 21.2. The first-order valence-corrected chi connectivity index (χ1v) is 13.4. The van der Waals surface area contributed by atoms with E-state index >= 15 is 0 Å². The molecular weight excluding hydrogens is 486 g/mol. The van der Waals surface area contributed by atoms with E-state index in [0.29, 0.717) is 41.2 Å². The van der Waals surface area contributed by atoms with Crippen LogP contribution in [0.1, 0.15) is 31.4 Å². The third-order valence-electron chi connectivity index (χ3n) is 6.34. The molecule has 4 rings (SSSR count). The molecule has 2 N–H and O–H groups in total. The van der Waals surface area contributed by atoms with Crippen molar-refractivity contribution in [3.05, 3.63) is 62.8 Å².